The summed E-state index contributed by atoms with van der Waals surface area (Å²) in [6.45, 7) is 5.65. The first-order chi connectivity index (χ1) is 13.4. The van der Waals surface area contributed by atoms with Crippen LogP contribution in [0.2, 0.25) is 0 Å². The number of alkyl halides is 3. The predicted octanol–water partition coefficient (Wildman–Crippen LogP) is 3.90. The largest absolute Gasteiger partial charge is 0.573 e. The second kappa shape index (κ2) is 9.46. The van der Waals surface area contributed by atoms with E-state index in [4.69, 9.17) is 0 Å². The minimum Gasteiger partial charge on any atom is -0.406 e. The first kappa shape index (κ1) is 21.4. The van der Waals surface area contributed by atoms with Gasteiger partial charge in [-0.25, -0.2) is 0 Å². The lowest BCUT2D eigenvalue weighted by Gasteiger charge is -2.40. The van der Waals surface area contributed by atoms with Crippen LogP contribution in [-0.2, 0) is 0 Å². The van der Waals surface area contributed by atoms with Gasteiger partial charge in [-0.3, -0.25) is 4.90 Å². The van der Waals surface area contributed by atoms with Crippen molar-refractivity contribution in [1.29, 1.82) is 0 Å². The van der Waals surface area contributed by atoms with Crippen LogP contribution in [-0.4, -0.2) is 54.7 Å². The lowest BCUT2D eigenvalue weighted by molar-refractivity contribution is -0.274. The van der Waals surface area contributed by atoms with Crippen molar-refractivity contribution in [3.8, 4) is 5.75 Å². The summed E-state index contributed by atoms with van der Waals surface area (Å²) >= 11 is 0. The molecule has 1 saturated carbocycles. The molecule has 1 saturated heterocycles. The van der Waals surface area contributed by atoms with Crippen LogP contribution in [0.5, 0.6) is 5.75 Å². The van der Waals surface area contributed by atoms with Crippen LogP contribution in [0.3, 0.4) is 0 Å². The van der Waals surface area contributed by atoms with Gasteiger partial charge < -0.3 is 15.2 Å². The van der Waals surface area contributed by atoms with Crippen LogP contribution in [0, 0.1) is 5.92 Å². The second-order valence-corrected chi connectivity index (χ2v) is 8.06. The Bertz CT molecular complexity index is 626. The van der Waals surface area contributed by atoms with Crippen molar-refractivity contribution < 1.29 is 23.0 Å². The molecule has 0 bridgehead atoms. The summed E-state index contributed by atoms with van der Waals surface area (Å²) in [7, 11) is 0. The molecule has 7 heteroatoms. The van der Waals surface area contributed by atoms with Crippen LogP contribution in [0.1, 0.15) is 50.5 Å². The van der Waals surface area contributed by atoms with Gasteiger partial charge in [0.25, 0.3) is 0 Å². The summed E-state index contributed by atoms with van der Waals surface area (Å²) in [5.41, 5.74) is 0.819. The third-order valence-electron chi connectivity index (χ3n) is 6.11. The van der Waals surface area contributed by atoms with E-state index >= 15 is 0 Å². The Kier molecular flexibility index (Phi) is 7.23. The third-order valence-corrected chi connectivity index (χ3v) is 6.11. The lowest BCUT2D eigenvalue weighted by Crippen LogP contribution is -2.52. The van der Waals surface area contributed by atoms with E-state index in [2.05, 4.69) is 21.9 Å². The quantitative estimate of drug-likeness (QED) is 0.760. The third kappa shape index (κ3) is 5.84. The van der Waals surface area contributed by atoms with Crippen LogP contribution in [0.15, 0.2) is 24.3 Å². The molecule has 1 aromatic carbocycles. The number of benzene rings is 1. The highest BCUT2D eigenvalue weighted by Crippen LogP contribution is 2.38. The molecule has 28 heavy (non-hydrogen) atoms. The molecule has 4 atom stereocenters. The van der Waals surface area contributed by atoms with Gasteiger partial charge >= 0.3 is 6.36 Å². The predicted molar refractivity (Wildman–Crippen MR) is 102 cm³/mol. The van der Waals surface area contributed by atoms with Crippen molar-refractivity contribution in [3.63, 3.8) is 0 Å². The Hall–Kier alpha value is -1.31. The summed E-state index contributed by atoms with van der Waals surface area (Å²) in [6, 6.07) is 6.76. The molecule has 4 nitrogen and oxygen atoms in total. The number of rotatable bonds is 6. The number of hydrogen-bond acceptors (Lipinski definition) is 4. The molecule has 2 fully saturated rings. The van der Waals surface area contributed by atoms with Crippen molar-refractivity contribution in [3.05, 3.63) is 29.8 Å². The standard InChI is InChI=1S/C21H31F3N2O2/c1-2-16-13-26(11-10-25-16)14-19(18-8-3-4-9-20(18)27)15-6-5-7-17(12-15)28-21(22,23)24/h5-7,12,16,18-20,25,27H,2-4,8-11,13-14H2,1H3/t16?,18?,19-,20?/m1/s1. The average molecular weight is 400 g/mol. The first-order valence-electron chi connectivity index (χ1n) is 10.3. The maximum Gasteiger partial charge on any atom is 0.573 e. The van der Waals surface area contributed by atoms with Gasteiger partial charge in [-0.15, -0.1) is 13.2 Å². The molecule has 3 unspecified atom stereocenters. The van der Waals surface area contributed by atoms with E-state index in [1.807, 2.05) is 6.07 Å². The lowest BCUT2D eigenvalue weighted by atomic mass is 9.74. The number of piperazine rings is 1. The Morgan fingerprint density at radius 2 is 2.07 bits per heavy atom. The zero-order valence-electron chi connectivity index (χ0n) is 16.4. The molecule has 0 spiro atoms. The molecule has 1 heterocycles. The number of halogens is 3. The van der Waals surface area contributed by atoms with Gasteiger partial charge in [0.15, 0.2) is 0 Å². The summed E-state index contributed by atoms with van der Waals surface area (Å²) in [6.07, 6.45) is -0.342. The van der Waals surface area contributed by atoms with E-state index in [0.29, 0.717) is 6.04 Å². The van der Waals surface area contributed by atoms with Crippen LogP contribution in [0.4, 0.5) is 13.2 Å². The maximum absolute atomic E-state index is 12.7. The highest BCUT2D eigenvalue weighted by atomic mass is 19.4. The molecule has 1 aliphatic carbocycles. The van der Waals surface area contributed by atoms with Crippen molar-refractivity contribution in [2.75, 3.05) is 26.2 Å². The molecule has 1 aliphatic heterocycles. The minimum absolute atomic E-state index is 0.0114. The second-order valence-electron chi connectivity index (χ2n) is 8.06. The van der Waals surface area contributed by atoms with E-state index in [-0.39, 0.29) is 17.6 Å². The van der Waals surface area contributed by atoms with Crippen molar-refractivity contribution in [2.45, 2.75) is 63.5 Å². The number of aliphatic hydroxyl groups is 1. The molecule has 158 valence electrons. The molecule has 0 amide bonds. The van der Waals surface area contributed by atoms with Gasteiger partial charge in [-0.2, -0.15) is 0 Å². The van der Waals surface area contributed by atoms with E-state index < -0.39 is 12.5 Å². The Morgan fingerprint density at radius 3 is 2.79 bits per heavy atom. The monoisotopic (exact) mass is 400 g/mol. The molecule has 0 radical (unpaired) electrons. The number of nitrogens with one attached hydrogen (secondary N) is 1. The normalized spacial score (nSPS) is 28.1. The van der Waals surface area contributed by atoms with Crippen molar-refractivity contribution in [2.24, 2.45) is 5.92 Å². The van der Waals surface area contributed by atoms with E-state index in [0.717, 1.165) is 63.8 Å². The maximum atomic E-state index is 12.7. The van der Waals surface area contributed by atoms with Crippen LogP contribution >= 0.6 is 0 Å². The number of ether oxygens (including phenoxy) is 1. The zero-order chi connectivity index (χ0) is 20.1. The van der Waals surface area contributed by atoms with Crippen molar-refractivity contribution >= 4 is 0 Å². The fraction of sp³-hybridized carbons (Fsp3) is 0.714. The number of hydrogen-bond donors (Lipinski definition) is 2. The molecular formula is C21H31F3N2O2. The smallest absolute Gasteiger partial charge is 0.406 e. The van der Waals surface area contributed by atoms with Gasteiger partial charge in [0.1, 0.15) is 5.75 Å². The first-order valence-corrected chi connectivity index (χ1v) is 10.3. The molecule has 1 aromatic rings. The fourth-order valence-electron chi connectivity index (χ4n) is 4.65. The van der Waals surface area contributed by atoms with Gasteiger partial charge in [-0.05, 0) is 42.9 Å². The topological polar surface area (TPSA) is 44.7 Å². The molecule has 0 aromatic heterocycles. The molecule has 3 rings (SSSR count). The summed E-state index contributed by atoms with van der Waals surface area (Å²) in [5, 5.41) is 14.1. The average Bonchev–Trinajstić information content (AvgIpc) is 2.66. The van der Waals surface area contributed by atoms with E-state index in [9.17, 15) is 18.3 Å². The molecule has 2 N–H and O–H groups in total. The summed E-state index contributed by atoms with van der Waals surface area (Å²) in [4.78, 5) is 2.38. The van der Waals surface area contributed by atoms with Gasteiger partial charge in [-0.1, -0.05) is 31.9 Å². The van der Waals surface area contributed by atoms with Crippen LogP contribution < -0.4 is 10.1 Å². The van der Waals surface area contributed by atoms with E-state index in [1.54, 1.807) is 6.07 Å². The molecular weight excluding hydrogens is 369 g/mol. The summed E-state index contributed by atoms with van der Waals surface area (Å²) in [5.74, 6) is -0.139. The fourth-order valence-corrected chi connectivity index (χ4v) is 4.65. The summed E-state index contributed by atoms with van der Waals surface area (Å²) < 4.78 is 42.1. The SMILES string of the molecule is CCC1CN(C[C@H](c2cccc(OC(F)(F)F)c2)C2CCCCC2O)CCN1. The van der Waals surface area contributed by atoms with Crippen LogP contribution in [0.25, 0.3) is 0 Å². The number of nitrogens with zero attached hydrogens (tertiary/aromatic N) is 1. The minimum atomic E-state index is -4.70. The van der Waals surface area contributed by atoms with Gasteiger partial charge in [0.05, 0.1) is 6.10 Å². The van der Waals surface area contributed by atoms with Gasteiger partial charge in [0.2, 0.25) is 0 Å². The zero-order valence-corrected chi connectivity index (χ0v) is 16.4. The van der Waals surface area contributed by atoms with E-state index in [1.165, 1.54) is 12.1 Å². The highest BCUT2D eigenvalue weighted by Gasteiger charge is 2.35. The Morgan fingerprint density at radius 1 is 1.29 bits per heavy atom. The van der Waals surface area contributed by atoms with Crippen molar-refractivity contribution in [1.82, 2.24) is 10.2 Å². The molecule has 2 aliphatic rings. The highest BCUT2D eigenvalue weighted by molar-refractivity contribution is 5.32. The van der Waals surface area contributed by atoms with Gasteiger partial charge in [0, 0.05) is 38.1 Å². The Balaban J connectivity index is 1.82. The number of aliphatic hydroxyl groups excluding tert-OH is 1. The Labute approximate surface area is 165 Å².